The predicted molar refractivity (Wildman–Crippen MR) is 125 cm³/mol. The lowest BCUT2D eigenvalue weighted by Crippen LogP contribution is -2.30. The molecule has 3 aromatic rings. The lowest BCUT2D eigenvalue weighted by molar-refractivity contribution is 0.445. The number of aryl methyl sites for hydroxylation is 1. The van der Waals surface area contributed by atoms with E-state index in [0.717, 1.165) is 12.1 Å². The highest BCUT2D eigenvalue weighted by atomic mass is 32.2. The number of hydrogen-bond acceptors (Lipinski definition) is 7. The second-order valence-corrected chi connectivity index (χ2v) is 8.84. The van der Waals surface area contributed by atoms with E-state index in [1.165, 1.54) is 16.2 Å². The minimum Gasteiger partial charge on any atom is -0.393 e. The third-order valence-corrected chi connectivity index (χ3v) is 7.03. The van der Waals surface area contributed by atoms with Crippen molar-refractivity contribution in [2.24, 2.45) is 0 Å². The number of anilines is 5. The molecule has 0 bridgehead atoms. The molecule has 4 N–H and O–H groups in total. The van der Waals surface area contributed by atoms with Crippen molar-refractivity contribution in [2.75, 3.05) is 29.5 Å². The minimum absolute atomic E-state index is 0.246. The number of nitrogens with zero attached hydrogens (tertiary/aromatic N) is 3. The van der Waals surface area contributed by atoms with Gasteiger partial charge in [-0.1, -0.05) is 32.9 Å². The van der Waals surface area contributed by atoms with E-state index in [1.54, 1.807) is 24.3 Å². The van der Waals surface area contributed by atoms with Crippen LogP contribution in [0.2, 0.25) is 0 Å². The summed E-state index contributed by atoms with van der Waals surface area (Å²) < 4.78 is 26.7. The molecule has 0 amide bonds. The van der Waals surface area contributed by atoms with Crippen molar-refractivity contribution in [3.05, 3.63) is 60.4 Å². The third kappa shape index (κ3) is 5.12. The Labute approximate surface area is 183 Å². The second kappa shape index (κ2) is 9.76. The molecule has 0 atom stereocenters. The molecule has 0 aliphatic rings. The van der Waals surface area contributed by atoms with Crippen molar-refractivity contribution in [2.45, 2.75) is 32.1 Å². The van der Waals surface area contributed by atoms with Gasteiger partial charge in [0.05, 0.1) is 4.90 Å². The zero-order chi connectivity index (χ0) is 22.4. The third-order valence-electron chi connectivity index (χ3n) is 4.97. The number of sulfonamides is 1. The summed E-state index contributed by atoms with van der Waals surface area (Å²) in [5.74, 6) is 0.921. The SMILES string of the molecule is CCc1ccc(Nc2ncnc(Nc3ccc(S(=O)(=O)N(CC)CC)cc3)c2N)cc1. The lowest BCUT2D eigenvalue weighted by atomic mass is 10.1. The Morgan fingerprint density at radius 1 is 0.839 bits per heavy atom. The molecule has 8 nitrogen and oxygen atoms in total. The fourth-order valence-corrected chi connectivity index (χ4v) is 4.57. The molecule has 0 unspecified atom stereocenters. The van der Waals surface area contributed by atoms with Gasteiger partial charge in [0.15, 0.2) is 11.6 Å². The van der Waals surface area contributed by atoms with Crippen LogP contribution in [0.3, 0.4) is 0 Å². The molecular weight excluding hydrogens is 412 g/mol. The van der Waals surface area contributed by atoms with Crippen molar-refractivity contribution in [3.8, 4) is 0 Å². The van der Waals surface area contributed by atoms with Gasteiger partial charge in [-0.3, -0.25) is 0 Å². The number of hydrogen-bond donors (Lipinski definition) is 3. The molecule has 1 heterocycles. The Morgan fingerprint density at radius 2 is 1.32 bits per heavy atom. The van der Waals surface area contributed by atoms with Gasteiger partial charge in [0.1, 0.15) is 12.0 Å². The average Bonchev–Trinajstić information content (AvgIpc) is 2.78. The summed E-state index contributed by atoms with van der Waals surface area (Å²) in [6, 6.07) is 14.6. The fourth-order valence-electron chi connectivity index (χ4n) is 3.11. The molecule has 1 aromatic heterocycles. The predicted octanol–water partition coefficient (Wildman–Crippen LogP) is 4.14. The molecular formula is C22H28N6O2S. The van der Waals surface area contributed by atoms with Crippen LogP contribution in [-0.2, 0) is 16.4 Å². The van der Waals surface area contributed by atoms with E-state index in [9.17, 15) is 8.42 Å². The van der Waals surface area contributed by atoms with Gasteiger partial charge < -0.3 is 16.4 Å². The van der Waals surface area contributed by atoms with E-state index < -0.39 is 10.0 Å². The first kappa shape index (κ1) is 22.5. The van der Waals surface area contributed by atoms with E-state index in [4.69, 9.17) is 5.73 Å². The van der Waals surface area contributed by atoms with Crippen LogP contribution < -0.4 is 16.4 Å². The topological polar surface area (TPSA) is 113 Å². The van der Waals surface area contributed by atoms with E-state index in [0.29, 0.717) is 36.1 Å². The first-order valence-corrected chi connectivity index (χ1v) is 11.7. The molecule has 0 spiro atoms. The Morgan fingerprint density at radius 3 is 1.77 bits per heavy atom. The number of aromatic nitrogens is 2. The molecule has 0 aliphatic heterocycles. The number of nitrogens with one attached hydrogen (secondary N) is 2. The fraction of sp³-hybridized carbons (Fsp3) is 0.273. The van der Waals surface area contributed by atoms with Gasteiger partial charge in [-0.25, -0.2) is 18.4 Å². The molecule has 9 heteroatoms. The summed E-state index contributed by atoms with van der Waals surface area (Å²) in [5.41, 5.74) is 9.41. The second-order valence-electron chi connectivity index (χ2n) is 6.90. The maximum Gasteiger partial charge on any atom is 0.243 e. The number of rotatable bonds is 9. The van der Waals surface area contributed by atoms with Crippen molar-refractivity contribution in [3.63, 3.8) is 0 Å². The highest BCUT2D eigenvalue weighted by Crippen LogP contribution is 2.29. The normalized spacial score (nSPS) is 11.5. The smallest absolute Gasteiger partial charge is 0.243 e. The van der Waals surface area contributed by atoms with Gasteiger partial charge in [0.2, 0.25) is 10.0 Å². The summed E-state index contributed by atoms with van der Waals surface area (Å²) in [5, 5.41) is 6.33. The Bertz CT molecular complexity index is 1110. The molecule has 31 heavy (non-hydrogen) atoms. The van der Waals surface area contributed by atoms with Gasteiger partial charge in [-0.2, -0.15) is 4.31 Å². The monoisotopic (exact) mass is 440 g/mol. The zero-order valence-corrected chi connectivity index (χ0v) is 18.8. The molecule has 3 rings (SSSR count). The minimum atomic E-state index is -3.50. The summed E-state index contributed by atoms with van der Waals surface area (Å²) >= 11 is 0. The maximum atomic E-state index is 12.6. The van der Waals surface area contributed by atoms with Crippen LogP contribution in [0.15, 0.2) is 59.8 Å². The Hall–Kier alpha value is -3.17. The number of nitrogens with two attached hydrogens (primary N) is 1. The van der Waals surface area contributed by atoms with Crippen molar-refractivity contribution >= 4 is 38.7 Å². The molecule has 2 aromatic carbocycles. The molecule has 164 valence electrons. The molecule has 0 fully saturated rings. The summed E-state index contributed by atoms with van der Waals surface area (Å²) in [6.07, 6.45) is 2.39. The first-order chi connectivity index (χ1) is 14.9. The van der Waals surface area contributed by atoms with E-state index in [1.807, 2.05) is 38.1 Å². The standard InChI is InChI=1S/C22H28N6O2S/c1-4-16-7-9-17(10-8-16)26-21-20(23)22(25-15-24-21)27-18-11-13-19(14-12-18)31(29,30)28(5-2)6-3/h7-15H,4-6,23H2,1-3H3,(H2,24,25,26,27). The summed E-state index contributed by atoms with van der Waals surface area (Å²) in [6.45, 7) is 6.59. The van der Waals surface area contributed by atoms with Crippen LogP contribution in [0.5, 0.6) is 0 Å². The number of benzene rings is 2. The Balaban J connectivity index is 1.77. The Kier molecular flexibility index (Phi) is 7.09. The van der Waals surface area contributed by atoms with Crippen LogP contribution in [-0.4, -0.2) is 35.8 Å². The van der Waals surface area contributed by atoms with Gasteiger partial charge in [-0.15, -0.1) is 0 Å². The molecule has 0 aliphatic carbocycles. The van der Waals surface area contributed by atoms with Gasteiger partial charge in [0.25, 0.3) is 0 Å². The van der Waals surface area contributed by atoms with Crippen molar-refractivity contribution in [1.82, 2.24) is 14.3 Å². The van der Waals surface area contributed by atoms with Gasteiger partial charge in [0, 0.05) is 24.5 Å². The zero-order valence-electron chi connectivity index (χ0n) is 18.0. The van der Waals surface area contributed by atoms with Crippen LogP contribution >= 0.6 is 0 Å². The maximum absolute atomic E-state index is 12.6. The van der Waals surface area contributed by atoms with Crippen LogP contribution in [0.4, 0.5) is 28.7 Å². The highest BCUT2D eigenvalue weighted by Gasteiger charge is 2.21. The van der Waals surface area contributed by atoms with E-state index >= 15 is 0 Å². The summed E-state index contributed by atoms with van der Waals surface area (Å²) in [7, 11) is -3.50. The van der Waals surface area contributed by atoms with Crippen molar-refractivity contribution in [1.29, 1.82) is 0 Å². The first-order valence-electron chi connectivity index (χ1n) is 10.2. The van der Waals surface area contributed by atoms with Crippen LogP contribution in [0.25, 0.3) is 0 Å². The van der Waals surface area contributed by atoms with Crippen molar-refractivity contribution < 1.29 is 8.42 Å². The average molecular weight is 441 g/mol. The summed E-state index contributed by atoms with van der Waals surface area (Å²) in [4.78, 5) is 8.69. The molecule has 0 saturated carbocycles. The van der Waals surface area contributed by atoms with Crippen LogP contribution in [0.1, 0.15) is 26.3 Å². The largest absolute Gasteiger partial charge is 0.393 e. The highest BCUT2D eigenvalue weighted by molar-refractivity contribution is 7.89. The van der Waals surface area contributed by atoms with Gasteiger partial charge in [-0.05, 0) is 48.4 Å². The number of nitrogen functional groups attached to an aromatic ring is 1. The van der Waals surface area contributed by atoms with E-state index in [2.05, 4.69) is 27.5 Å². The lowest BCUT2D eigenvalue weighted by Gasteiger charge is -2.18. The van der Waals surface area contributed by atoms with Gasteiger partial charge >= 0.3 is 0 Å². The molecule has 0 radical (unpaired) electrons. The molecule has 0 saturated heterocycles. The quantitative estimate of drug-likeness (QED) is 0.458. The van der Waals surface area contributed by atoms with E-state index in [-0.39, 0.29) is 4.90 Å². The van der Waals surface area contributed by atoms with Crippen LogP contribution in [0, 0.1) is 0 Å².